The number of anilines is 1. The van der Waals surface area contributed by atoms with Crippen molar-refractivity contribution in [2.24, 2.45) is 0 Å². The highest BCUT2D eigenvalue weighted by Gasteiger charge is 2.16. The van der Waals surface area contributed by atoms with Crippen molar-refractivity contribution >= 4 is 71.0 Å². The quantitative estimate of drug-likeness (QED) is 0.135. The highest BCUT2D eigenvalue weighted by Crippen LogP contribution is 2.32. The number of carbonyl (C=O) groups excluding carboxylic acids is 2. The van der Waals surface area contributed by atoms with Crippen molar-refractivity contribution in [2.45, 2.75) is 12.8 Å². The number of rotatable bonds is 8. The second kappa shape index (κ2) is 12.1. The maximum Gasteiger partial charge on any atom is 0.315 e. The Morgan fingerprint density at radius 2 is 1.20 bits per heavy atom. The zero-order chi connectivity index (χ0) is 28.2. The van der Waals surface area contributed by atoms with Crippen molar-refractivity contribution in [2.75, 3.05) is 19.5 Å². The van der Waals surface area contributed by atoms with Gasteiger partial charge in [0.2, 0.25) is 5.91 Å². The molecule has 202 valence electrons. The molecular weight excluding hydrogens is 638 g/mol. The van der Waals surface area contributed by atoms with Gasteiger partial charge in [-0.05, 0) is 82.2 Å². The van der Waals surface area contributed by atoms with Crippen molar-refractivity contribution in [1.82, 2.24) is 0 Å². The number of hydrogen-bond donors (Lipinski definition) is 1. The van der Waals surface area contributed by atoms with Gasteiger partial charge < -0.3 is 19.5 Å². The number of fused-ring (bicyclic) bond motifs is 2. The second-order valence-corrected chi connectivity index (χ2v) is 11.0. The number of hydrogen-bond acceptors (Lipinski definition) is 5. The summed E-state index contributed by atoms with van der Waals surface area (Å²) < 4.78 is 18.5. The lowest BCUT2D eigenvalue weighted by Gasteiger charge is -2.13. The van der Waals surface area contributed by atoms with Gasteiger partial charge in [0.25, 0.3) is 0 Å². The van der Waals surface area contributed by atoms with Crippen LogP contribution in [0.4, 0.5) is 5.69 Å². The fraction of sp³-hybridized carbons (Fsp3) is 0.125. The smallest absolute Gasteiger partial charge is 0.315 e. The molecule has 5 aromatic rings. The fourth-order valence-corrected chi connectivity index (χ4v) is 5.48. The molecule has 0 aromatic heterocycles. The number of amides is 1. The van der Waals surface area contributed by atoms with E-state index in [1.165, 1.54) is 0 Å². The first-order chi connectivity index (χ1) is 19.3. The van der Waals surface area contributed by atoms with Crippen LogP contribution in [0.3, 0.4) is 0 Å². The van der Waals surface area contributed by atoms with Crippen LogP contribution >= 0.6 is 31.9 Å². The van der Waals surface area contributed by atoms with Crippen LogP contribution in [0.5, 0.6) is 17.2 Å². The Balaban J connectivity index is 1.26. The highest BCUT2D eigenvalue weighted by atomic mass is 79.9. The molecule has 0 radical (unpaired) electrons. The topological polar surface area (TPSA) is 73.9 Å². The third kappa shape index (κ3) is 6.13. The Morgan fingerprint density at radius 3 is 1.73 bits per heavy atom. The normalized spacial score (nSPS) is 10.9. The van der Waals surface area contributed by atoms with Gasteiger partial charge in [0, 0.05) is 25.8 Å². The molecule has 5 rings (SSSR count). The molecule has 0 atom stereocenters. The van der Waals surface area contributed by atoms with E-state index in [1.807, 2.05) is 60.7 Å². The molecule has 0 spiro atoms. The lowest BCUT2D eigenvalue weighted by Crippen LogP contribution is -2.15. The predicted octanol–water partition coefficient (Wildman–Crippen LogP) is 7.86. The first-order valence-electron chi connectivity index (χ1n) is 12.5. The van der Waals surface area contributed by atoms with Crippen LogP contribution in [0.1, 0.15) is 11.1 Å². The largest absolute Gasteiger partial charge is 0.496 e. The second-order valence-electron chi connectivity index (χ2n) is 9.12. The standard InChI is InChI=1S/C32H25Br2NO5/c1-38-29-13-3-19-15-21(33)5-11-25(19)27(29)17-31(36)35-23-7-9-24(10-8-23)40-32(37)18-28-26-12-6-22(34)16-20(26)4-14-30(28)39-2/h3-16H,17-18H2,1-2H3,(H,35,36). The fourth-order valence-electron chi connectivity index (χ4n) is 4.72. The summed E-state index contributed by atoms with van der Waals surface area (Å²) in [6.07, 6.45) is 0.187. The van der Waals surface area contributed by atoms with E-state index in [-0.39, 0.29) is 18.7 Å². The maximum atomic E-state index is 12.9. The number of ether oxygens (including phenoxy) is 3. The first-order valence-corrected chi connectivity index (χ1v) is 14.0. The van der Waals surface area contributed by atoms with E-state index in [1.54, 1.807) is 38.5 Å². The molecule has 0 aliphatic rings. The number of benzene rings is 5. The van der Waals surface area contributed by atoms with Gasteiger partial charge in [-0.15, -0.1) is 0 Å². The van der Waals surface area contributed by atoms with Gasteiger partial charge in [-0.3, -0.25) is 9.59 Å². The molecular formula is C32H25Br2NO5. The third-order valence-electron chi connectivity index (χ3n) is 6.57. The summed E-state index contributed by atoms with van der Waals surface area (Å²) in [7, 11) is 3.17. The summed E-state index contributed by atoms with van der Waals surface area (Å²) in [6, 6.07) is 26.1. The van der Waals surface area contributed by atoms with E-state index in [0.29, 0.717) is 22.9 Å². The van der Waals surface area contributed by atoms with Gasteiger partial charge >= 0.3 is 5.97 Å². The van der Waals surface area contributed by atoms with Crippen molar-refractivity contribution < 1.29 is 23.8 Å². The highest BCUT2D eigenvalue weighted by molar-refractivity contribution is 9.10. The molecule has 6 nitrogen and oxygen atoms in total. The number of methoxy groups -OCH3 is 2. The molecule has 0 aliphatic heterocycles. The van der Waals surface area contributed by atoms with Crippen LogP contribution in [-0.2, 0) is 22.4 Å². The minimum atomic E-state index is -0.416. The molecule has 0 saturated carbocycles. The van der Waals surface area contributed by atoms with Crippen molar-refractivity contribution in [3.05, 3.63) is 105 Å². The summed E-state index contributed by atoms with van der Waals surface area (Å²) in [5, 5.41) is 6.80. The number of carbonyl (C=O) groups is 2. The van der Waals surface area contributed by atoms with Gasteiger partial charge in [0.15, 0.2) is 0 Å². The SMILES string of the molecule is COc1ccc2cc(Br)ccc2c1CC(=O)Nc1ccc(OC(=O)Cc2c(OC)ccc3cc(Br)ccc23)cc1. The summed E-state index contributed by atoms with van der Waals surface area (Å²) in [5.74, 6) is 1.06. The predicted molar refractivity (Wildman–Crippen MR) is 165 cm³/mol. The van der Waals surface area contributed by atoms with E-state index in [0.717, 1.165) is 41.6 Å². The summed E-state index contributed by atoms with van der Waals surface area (Å²) in [6.45, 7) is 0. The van der Waals surface area contributed by atoms with E-state index in [4.69, 9.17) is 14.2 Å². The van der Waals surface area contributed by atoms with Crippen molar-refractivity contribution in [1.29, 1.82) is 0 Å². The number of halogens is 2. The summed E-state index contributed by atoms with van der Waals surface area (Å²) >= 11 is 6.98. The molecule has 0 unspecified atom stereocenters. The molecule has 0 heterocycles. The van der Waals surface area contributed by atoms with Crippen LogP contribution in [0.15, 0.2) is 93.9 Å². The lowest BCUT2D eigenvalue weighted by atomic mass is 10.0. The van der Waals surface area contributed by atoms with Crippen LogP contribution in [0.25, 0.3) is 21.5 Å². The lowest BCUT2D eigenvalue weighted by molar-refractivity contribution is -0.133. The third-order valence-corrected chi connectivity index (χ3v) is 7.56. The molecule has 0 bridgehead atoms. The average molecular weight is 663 g/mol. The van der Waals surface area contributed by atoms with Gasteiger partial charge in [0.05, 0.1) is 27.1 Å². The Morgan fingerprint density at radius 1 is 0.675 bits per heavy atom. The Hall–Kier alpha value is -3.88. The summed E-state index contributed by atoms with van der Waals surface area (Å²) in [4.78, 5) is 25.8. The first kappa shape index (κ1) is 27.7. The molecule has 1 amide bonds. The molecule has 0 saturated heterocycles. The molecule has 0 fully saturated rings. The molecule has 8 heteroatoms. The van der Waals surface area contributed by atoms with Gasteiger partial charge in [-0.1, -0.05) is 56.1 Å². The summed E-state index contributed by atoms with van der Waals surface area (Å²) in [5.41, 5.74) is 2.16. The molecule has 0 aliphatic carbocycles. The molecule has 5 aromatic carbocycles. The van der Waals surface area contributed by atoms with Crippen molar-refractivity contribution in [3.8, 4) is 17.2 Å². The molecule has 1 N–H and O–H groups in total. The number of esters is 1. The van der Waals surface area contributed by atoms with Crippen LogP contribution in [0, 0.1) is 0 Å². The Bertz CT molecular complexity index is 1610. The van der Waals surface area contributed by atoms with Crippen molar-refractivity contribution in [3.63, 3.8) is 0 Å². The minimum Gasteiger partial charge on any atom is -0.496 e. The Kier molecular flexibility index (Phi) is 8.38. The number of nitrogens with one attached hydrogen (secondary N) is 1. The Labute approximate surface area is 248 Å². The van der Waals surface area contributed by atoms with Gasteiger partial charge in [0.1, 0.15) is 17.2 Å². The zero-order valence-electron chi connectivity index (χ0n) is 21.8. The van der Waals surface area contributed by atoms with Gasteiger partial charge in [-0.25, -0.2) is 0 Å². The zero-order valence-corrected chi connectivity index (χ0v) is 25.0. The molecule has 40 heavy (non-hydrogen) atoms. The van der Waals surface area contributed by atoms with E-state index in [2.05, 4.69) is 37.2 Å². The van der Waals surface area contributed by atoms with E-state index >= 15 is 0 Å². The van der Waals surface area contributed by atoms with E-state index < -0.39 is 5.97 Å². The average Bonchev–Trinajstić information content (AvgIpc) is 2.94. The van der Waals surface area contributed by atoms with Gasteiger partial charge in [-0.2, -0.15) is 0 Å². The minimum absolute atomic E-state index is 0.0457. The monoisotopic (exact) mass is 661 g/mol. The van der Waals surface area contributed by atoms with E-state index in [9.17, 15) is 9.59 Å². The van der Waals surface area contributed by atoms with Crippen LogP contribution in [0.2, 0.25) is 0 Å². The maximum absolute atomic E-state index is 12.9. The van der Waals surface area contributed by atoms with Crippen LogP contribution < -0.4 is 19.5 Å². The van der Waals surface area contributed by atoms with Crippen LogP contribution in [-0.4, -0.2) is 26.1 Å².